The van der Waals surface area contributed by atoms with Gasteiger partial charge in [0.1, 0.15) is 11.9 Å². The minimum Gasteiger partial charge on any atom is -0.488 e. The van der Waals surface area contributed by atoms with Gasteiger partial charge in [0, 0.05) is 17.6 Å². The van der Waals surface area contributed by atoms with E-state index in [0.29, 0.717) is 5.92 Å². The quantitative estimate of drug-likeness (QED) is 0.928. The molecule has 1 fully saturated rings. The van der Waals surface area contributed by atoms with Crippen LogP contribution in [0.25, 0.3) is 10.9 Å². The molecule has 3 nitrogen and oxygen atoms in total. The summed E-state index contributed by atoms with van der Waals surface area (Å²) in [7, 11) is 0. The maximum Gasteiger partial charge on any atom is 0.125 e. The third-order valence-electron chi connectivity index (χ3n) is 4.31. The molecule has 0 bridgehead atoms. The summed E-state index contributed by atoms with van der Waals surface area (Å²) >= 11 is 0. The fourth-order valence-corrected chi connectivity index (χ4v) is 2.99. The van der Waals surface area contributed by atoms with Crippen LogP contribution in [0, 0.1) is 5.92 Å². The zero-order chi connectivity index (χ0) is 13.9. The molecule has 1 aromatic carbocycles. The van der Waals surface area contributed by atoms with Gasteiger partial charge >= 0.3 is 0 Å². The van der Waals surface area contributed by atoms with Crippen LogP contribution in [0.3, 0.4) is 0 Å². The maximum atomic E-state index is 10.1. The summed E-state index contributed by atoms with van der Waals surface area (Å²) in [6.45, 7) is 2.21. The largest absolute Gasteiger partial charge is 0.488 e. The number of ether oxygens (including phenoxy) is 1. The van der Waals surface area contributed by atoms with Crippen LogP contribution in [0.1, 0.15) is 32.6 Å². The van der Waals surface area contributed by atoms with E-state index in [4.69, 9.17) is 4.74 Å². The fourth-order valence-electron chi connectivity index (χ4n) is 2.99. The van der Waals surface area contributed by atoms with Crippen LogP contribution in [0.2, 0.25) is 0 Å². The molecule has 0 saturated heterocycles. The van der Waals surface area contributed by atoms with Gasteiger partial charge in [-0.25, -0.2) is 0 Å². The number of fused-ring (bicyclic) bond motifs is 1. The minimum atomic E-state index is -0.350. The summed E-state index contributed by atoms with van der Waals surface area (Å²) in [5.74, 6) is 1.47. The molecule has 3 atom stereocenters. The van der Waals surface area contributed by atoms with E-state index in [2.05, 4.69) is 11.9 Å². The first-order chi connectivity index (χ1) is 9.76. The molecule has 0 amide bonds. The number of nitrogens with zero attached hydrogens (tertiary/aromatic N) is 1. The average molecular weight is 271 g/mol. The number of pyridine rings is 1. The summed E-state index contributed by atoms with van der Waals surface area (Å²) in [5.41, 5.74) is 0.933. The molecule has 0 aliphatic heterocycles. The number of aromatic nitrogens is 1. The van der Waals surface area contributed by atoms with Crippen molar-refractivity contribution in [2.45, 2.75) is 44.8 Å². The summed E-state index contributed by atoms with van der Waals surface area (Å²) in [6.07, 6.45) is 5.40. The highest BCUT2D eigenvalue weighted by Gasteiger charge is 2.29. The Hall–Kier alpha value is -1.61. The molecule has 1 aliphatic rings. The third-order valence-corrected chi connectivity index (χ3v) is 4.31. The van der Waals surface area contributed by atoms with Crippen LogP contribution < -0.4 is 4.74 Å². The summed E-state index contributed by atoms with van der Waals surface area (Å²) < 4.78 is 6.02. The van der Waals surface area contributed by atoms with Gasteiger partial charge < -0.3 is 9.84 Å². The van der Waals surface area contributed by atoms with E-state index < -0.39 is 0 Å². The van der Waals surface area contributed by atoms with Crippen molar-refractivity contribution in [2.75, 3.05) is 0 Å². The van der Waals surface area contributed by atoms with Crippen molar-refractivity contribution < 1.29 is 9.84 Å². The van der Waals surface area contributed by atoms with Gasteiger partial charge in [0.15, 0.2) is 0 Å². The molecule has 20 heavy (non-hydrogen) atoms. The van der Waals surface area contributed by atoms with Crippen molar-refractivity contribution in [1.82, 2.24) is 4.98 Å². The van der Waals surface area contributed by atoms with Crippen molar-refractivity contribution in [2.24, 2.45) is 5.92 Å². The summed E-state index contributed by atoms with van der Waals surface area (Å²) in [6, 6.07) is 9.91. The molecule has 3 unspecified atom stereocenters. The van der Waals surface area contributed by atoms with Crippen molar-refractivity contribution >= 4 is 10.9 Å². The lowest BCUT2D eigenvalue weighted by Gasteiger charge is -2.33. The Bertz CT molecular complexity index is 584. The average Bonchev–Trinajstić information content (AvgIpc) is 2.49. The molecule has 1 aliphatic carbocycles. The first-order valence-electron chi connectivity index (χ1n) is 7.45. The van der Waals surface area contributed by atoms with Crippen LogP contribution >= 0.6 is 0 Å². The van der Waals surface area contributed by atoms with E-state index in [1.165, 1.54) is 0 Å². The van der Waals surface area contributed by atoms with E-state index in [1.54, 1.807) is 6.20 Å². The van der Waals surface area contributed by atoms with Crippen LogP contribution in [0.15, 0.2) is 36.5 Å². The van der Waals surface area contributed by atoms with E-state index in [-0.39, 0.29) is 12.2 Å². The summed E-state index contributed by atoms with van der Waals surface area (Å²) in [4.78, 5) is 4.34. The first kappa shape index (κ1) is 13.4. The normalized spacial score (nSPS) is 26.6. The molecule has 3 rings (SSSR count). The number of benzene rings is 1. The van der Waals surface area contributed by atoms with Crippen LogP contribution in [-0.2, 0) is 0 Å². The van der Waals surface area contributed by atoms with Gasteiger partial charge in [-0.2, -0.15) is 0 Å². The monoisotopic (exact) mass is 271 g/mol. The van der Waals surface area contributed by atoms with Crippen molar-refractivity contribution in [1.29, 1.82) is 0 Å². The summed E-state index contributed by atoms with van der Waals surface area (Å²) in [5, 5.41) is 11.2. The molecule has 3 heteroatoms. The Morgan fingerprint density at radius 1 is 1.30 bits per heavy atom. The van der Waals surface area contributed by atoms with Crippen molar-refractivity contribution in [3.63, 3.8) is 0 Å². The molecule has 0 spiro atoms. The highest BCUT2D eigenvalue weighted by molar-refractivity contribution is 5.79. The Morgan fingerprint density at radius 2 is 2.20 bits per heavy atom. The second-order valence-electron chi connectivity index (χ2n) is 5.67. The van der Waals surface area contributed by atoms with Gasteiger partial charge in [-0.3, -0.25) is 4.98 Å². The lowest BCUT2D eigenvalue weighted by molar-refractivity contribution is -0.0108. The van der Waals surface area contributed by atoms with Gasteiger partial charge in [-0.1, -0.05) is 19.4 Å². The first-order valence-corrected chi connectivity index (χ1v) is 7.45. The topological polar surface area (TPSA) is 42.4 Å². The van der Waals surface area contributed by atoms with Crippen LogP contribution in [0.4, 0.5) is 0 Å². The Morgan fingerprint density at radius 3 is 3.05 bits per heavy atom. The van der Waals surface area contributed by atoms with E-state index in [0.717, 1.165) is 42.3 Å². The van der Waals surface area contributed by atoms with Crippen LogP contribution in [-0.4, -0.2) is 22.3 Å². The molecular formula is C17H21NO2. The van der Waals surface area contributed by atoms with E-state index >= 15 is 0 Å². The molecule has 2 aromatic rings. The highest BCUT2D eigenvalue weighted by Crippen LogP contribution is 2.30. The lowest BCUT2D eigenvalue weighted by Crippen LogP contribution is -2.38. The second kappa shape index (κ2) is 5.80. The van der Waals surface area contributed by atoms with E-state index in [9.17, 15) is 5.11 Å². The molecule has 1 saturated carbocycles. The van der Waals surface area contributed by atoms with Gasteiger partial charge in [-0.15, -0.1) is 0 Å². The number of hydrogen-bond donors (Lipinski definition) is 1. The van der Waals surface area contributed by atoms with Gasteiger partial charge in [-0.05, 0) is 43.4 Å². The smallest absolute Gasteiger partial charge is 0.125 e. The number of rotatable bonds is 3. The second-order valence-corrected chi connectivity index (χ2v) is 5.67. The zero-order valence-electron chi connectivity index (χ0n) is 11.8. The Kier molecular flexibility index (Phi) is 3.88. The highest BCUT2D eigenvalue weighted by atomic mass is 16.5. The maximum absolute atomic E-state index is 10.1. The number of aliphatic hydroxyl groups is 1. The predicted octanol–water partition coefficient (Wildman–Crippen LogP) is 3.55. The Labute approximate surface area is 119 Å². The van der Waals surface area contributed by atoms with Gasteiger partial charge in [0.25, 0.3) is 0 Å². The minimum absolute atomic E-state index is 0.0881. The molecule has 1 heterocycles. The number of aliphatic hydroxyl groups excluding tert-OH is 1. The molecule has 0 radical (unpaired) electrons. The SMILES string of the molecule is CCC1CCC(O)C(Oc2ccc3cccnc3c2)C1. The van der Waals surface area contributed by atoms with Gasteiger partial charge in [0.05, 0.1) is 11.6 Å². The fraction of sp³-hybridized carbons (Fsp3) is 0.471. The third kappa shape index (κ3) is 2.78. The number of hydrogen-bond acceptors (Lipinski definition) is 3. The molecule has 106 valence electrons. The van der Waals surface area contributed by atoms with Gasteiger partial charge in [0.2, 0.25) is 0 Å². The molecular weight excluding hydrogens is 250 g/mol. The van der Waals surface area contributed by atoms with Crippen molar-refractivity contribution in [3.05, 3.63) is 36.5 Å². The zero-order valence-corrected chi connectivity index (χ0v) is 11.8. The molecule has 1 N–H and O–H groups in total. The standard InChI is InChI=1S/C17H21NO2/c1-2-12-5-8-16(19)17(10-12)20-14-7-6-13-4-3-9-18-15(13)11-14/h3-4,6-7,9,11-12,16-17,19H,2,5,8,10H2,1H3. The lowest BCUT2D eigenvalue weighted by atomic mass is 9.84. The molecule has 1 aromatic heterocycles. The van der Waals surface area contributed by atoms with Crippen molar-refractivity contribution in [3.8, 4) is 5.75 Å². The predicted molar refractivity (Wildman–Crippen MR) is 79.8 cm³/mol. The van der Waals surface area contributed by atoms with E-state index in [1.807, 2.05) is 30.3 Å². The Balaban J connectivity index is 1.77. The van der Waals surface area contributed by atoms with Crippen LogP contribution in [0.5, 0.6) is 5.75 Å².